The van der Waals surface area contributed by atoms with E-state index in [0.717, 1.165) is 6.07 Å². The van der Waals surface area contributed by atoms with Crippen molar-refractivity contribution in [3.8, 4) is 11.8 Å². The van der Waals surface area contributed by atoms with Gasteiger partial charge in [-0.05, 0) is 19.1 Å². The van der Waals surface area contributed by atoms with E-state index in [1.54, 1.807) is 13.0 Å². The quantitative estimate of drug-likeness (QED) is 0.783. The number of esters is 1. The molecule has 0 atom stereocenters. The summed E-state index contributed by atoms with van der Waals surface area (Å²) in [5.74, 6) is -0.910. The van der Waals surface area contributed by atoms with Gasteiger partial charge in [0, 0.05) is 0 Å². The summed E-state index contributed by atoms with van der Waals surface area (Å²) < 4.78 is 4.72. The van der Waals surface area contributed by atoms with E-state index in [4.69, 9.17) is 21.6 Å². The minimum Gasteiger partial charge on any atom is -0.506 e. The maximum atomic E-state index is 11.3. The second-order valence-electron chi connectivity index (χ2n) is 2.68. The Balaban J connectivity index is 3.15. The van der Waals surface area contributed by atoms with Crippen molar-refractivity contribution >= 4 is 17.6 Å². The van der Waals surface area contributed by atoms with Crippen LogP contribution in [0.5, 0.6) is 5.75 Å². The molecule has 0 amide bonds. The number of hydrogen-bond donors (Lipinski definition) is 1. The zero-order chi connectivity index (χ0) is 11.4. The molecule has 0 aliphatic rings. The Hall–Kier alpha value is -1.73. The molecule has 4 nitrogen and oxygen atoms in total. The number of carbonyl (C=O) groups excluding carboxylic acids is 1. The maximum absolute atomic E-state index is 11.3. The number of phenols is 1. The second-order valence-corrected chi connectivity index (χ2v) is 3.09. The molecule has 0 aliphatic carbocycles. The molecular formula is C10H8ClNO3. The molecule has 0 fully saturated rings. The molecule has 0 unspecified atom stereocenters. The van der Waals surface area contributed by atoms with E-state index in [1.165, 1.54) is 6.07 Å². The van der Waals surface area contributed by atoms with Crippen molar-refractivity contribution in [3.63, 3.8) is 0 Å². The number of carbonyl (C=O) groups is 1. The van der Waals surface area contributed by atoms with Crippen LogP contribution in [-0.4, -0.2) is 17.7 Å². The maximum Gasteiger partial charge on any atom is 0.338 e. The van der Waals surface area contributed by atoms with E-state index in [2.05, 4.69) is 0 Å². The summed E-state index contributed by atoms with van der Waals surface area (Å²) in [5, 5.41) is 18.0. The average Bonchev–Trinajstić information content (AvgIpc) is 2.17. The van der Waals surface area contributed by atoms with Crippen molar-refractivity contribution in [1.82, 2.24) is 0 Å². The number of benzene rings is 1. The Labute approximate surface area is 91.7 Å². The lowest BCUT2D eigenvalue weighted by atomic mass is 10.1. The molecule has 1 N–H and O–H groups in total. The number of nitrogens with zero attached hydrogens (tertiary/aromatic N) is 1. The van der Waals surface area contributed by atoms with Gasteiger partial charge in [-0.1, -0.05) is 11.6 Å². The predicted molar refractivity (Wildman–Crippen MR) is 53.8 cm³/mol. The van der Waals surface area contributed by atoms with Crippen LogP contribution in [0.4, 0.5) is 0 Å². The molecule has 0 aliphatic heterocycles. The molecule has 0 saturated carbocycles. The lowest BCUT2D eigenvalue weighted by Gasteiger charge is -2.04. The van der Waals surface area contributed by atoms with E-state index < -0.39 is 5.97 Å². The van der Waals surface area contributed by atoms with Crippen LogP contribution >= 0.6 is 11.6 Å². The zero-order valence-corrected chi connectivity index (χ0v) is 8.71. The lowest BCUT2D eigenvalue weighted by molar-refractivity contribution is 0.0526. The van der Waals surface area contributed by atoms with Crippen LogP contribution in [0, 0.1) is 11.3 Å². The van der Waals surface area contributed by atoms with Crippen LogP contribution < -0.4 is 0 Å². The summed E-state index contributed by atoms with van der Waals surface area (Å²) in [5.41, 5.74) is 0.0723. The van der Waals surface area contributed by atoms with Crippen molar-refractivity contribution in [3.05, 3.63) is 28.3 Å². The molecule has 1 aromatic rings. The highest BCUT2D eigenvalue weighted by atomic mass is 35.5. The SMILES string of the molecule is CCOC(=O)c1cc(O)c(C#N)c(Cl)c1. The van der Waals surface area contributed by atoms with Gasteiger partial charge in [-0.3, -0.25) is 0 Å². The Kier molecular flexibility index (Phi) is 3.53. The normalized spacial score (nSPS) is 9.40. The van der Waals surface area contributed by atoms with Gasteiger partial charge in [-0.25, -0.2) is 4.79 Å². The van der Waals surface area contributed by atoms with Gasteiger partial charge in [0.2, 0.25) is 0 Å². The van der Waals surface area contributed by atoms with Crippen molar-refractivity contribution in [2.45, 2.75) is 6.92 Å². The minimum absolute atomic E-state index is 0.0283. The van der Waals surface area contributed by atoms with Gasteiger partial charge in [0.25, 0.3) is 0 Å². The second kappa shape index (κ2) is 4.67. The number of hydrogen-bond acceptors (Lipinski definition) is 4. The van der Waals surface area contributed by atoms with Crippen LogP contribution in [-0.2, 0) is 4.74 Å². The number of halogens is 1. The highest BCUT2D eigenvalue weighted by Crippen LogP contribution is 2.26. The van der Waals surface area contributed by atoms with Gasteiger partial charge in [0.1, 0.15) is 17.4 Å². The average molecular weight is 226 g/mol. The Morgan fingerprint density at radius 2 is 2.33 bits per heavy atom. The van der Waals surface area contributed by atoms with Crippen LogP contribution in [0.3, 0.4) is 0 Å². The van der Waals surface area contributed by atoms with E-state index in [0.29, 0.717) is 0 Å². The van der Waals surface area contributed by atoms with Crippen LogP contribution in [0.2, 0.25) is 5.02 Å². The third-order valence-electron chi connectivity index (χ3n) is 1.69. The Morgan fingerprint density at radius 3 is 2.80 bits per heavy atom. The topological polar surface area (TPSA) is 70.3 Å². The molecule has 1 aromatic carbocycles. The van der Waals surface area contributed by atoms with Gasteiger partial charge in [0.05, 0.1) is 17.2 Å². The first-order chi connectivity index (χ1) is 7.10. The number of phenolic OH excluding ortho intramolecular Hbond substituents is 1. The van der Waals surface area contributed by atoms with E-state index in [9.17, 15) is 9.90 Å². The summed E-state index contributed by atoms with van der Waals surface area (Å²) in [4.78, 5) is 11.3. The number of aromatic hydroxyl groups is 1. The van der Waals surface area contributed by atoms with E-state index in [1.807, 2.05) is 0 Å². The molecule has 1 rings (SSSR count). The van der Waals surface area contributed by atoms with Crippen LogP contribution in [0.15, 0.2) is 12.1 Å². The fourth-order valence-electron chi connectivity index (χ4n) is 1.04. The first-order valence-corrected chi connectivity index (χ1v) is 4.57. The third kappa shape index (κ3) is 2.39. The molecule has 0 radical (unpaired) electrons. The largest absolute Gasteiger partial charge is 0.506 e. The number of ether oxygens (including phenoxy) is 1. The van der Waals surface area contributed by atoms with E-state index in [-0.39, 0.29) is 28.5 Å². The fourth-order valence-corrected chi connectivity index (χ4v) is 1.29. The molecular weight excluding hydrogens is 218 g/mol. The van der Waals surface area contributed by atoms with Gasteiger partial charge in [-0.15, -0.1) is 0 Å². The highest BCUT2D eigenvalue weighted by molar-refractivity contribution is 6.32. The van der Waals surface area contributed by atoms with Crippen LogP contribution in [0.25, 0.3) is 0 Å². The summed E-state index contributed by atoms with van der Waals surface area (Å²) in [6, 6.07) is 4.17. The third-order valence-corrected chi connectivity index (χ3v) is 1.99. The van der Waals surface area contributed by atoms with Crippen LogP contribution in [0.1, 0.15) is 22.8 Å². The number of nitriles is 1. The zero-order valence-electron chi connectivity index (χ0n) is 7.95. The molecule has 78 valence electrons. The Bertz CT molecular complexity index is 414. The summed E-state index contributed by atoms with van der Waals surface area (Å²) in [6.07, 6.45) is 0. The minimum atomic E-state index is -0.584. The van der Waals surface area contributed by atoms with Crippen molar-refractivity contribution in [2.24, 2.45) is 0 Å². The van der Waals surface area contributed by atoms with Gasteiger partial charge < -0.3 is 9.84 Å². The highest BCUT2D eigenvalue weighted by Gasteiger charge is 2.13. The van der Waals surface area contributed by atoms with Gasteiger partial charge in [-0.2, -0.15) is 5.26 Å². The first-order valence-electron chi connectivity index (χ1n) is 4.19. The molecule has 15 heavy (non-hydrogen) atoms. The van der Waals surface area contributed by atoms with Crippen molar-refractivity contribution in [1.29, 1.82) is 5.26 Å². The van der Waals surface area contributed by atoms with Crippen molar-refractivity contribution < 1.29 is 14.6 Å². The molecule has 0 bridgehead atoms. The van der Waals surface area contributed by atoms with Gasteiger partial charge in [0.15, 0.2) is 0 Å². The molecule has 0 heterocycles. The summed E-state index contributed by atoms with van der Waals surface area (Å²) in [7, 11) is 0. The fraction of sp³-hybridized carbons (Fsp3) is 0.200. The van der Waals surface area contributed by atoms with Gasteiger partial charge >= 0.3 is 5.97 Å². The lowest BCUT2D eigenvalue weighted by Crippen LogP contribution is -2.04. The Morgan fingerprint density at radius 1 is 1.67 bits per heavy atom. The molecule has 0 saturated heterocycles. The molecule has 0 spiro atoms. The van der Waals surface area contributed by atoms with Crippen molar-refractivity contribution in [2.75, 3.05) is 6.61 Å². The number of rotatable bonds is 2. The van der Waals surface area contributed by atoms with E-state index >= 15 is 0 Å². The smallest absolute Gasteiger partial charge is 0.338 e. The monoisotopic (exact) mass is 225 g/mol. The standard InChI is InChI=1S/C10H8ClNO3/c1-2-15-10(14)6-3-8(11)7(5-12)9(13)4-6/h3-4,13H,2H2,1H3. The summed E-state index contributed by atoms with van der Waals surface area (Å²) >= 11 is 5.69. The first kappa shape index (κ1) is 11.3. The predicted octanol–water partition coefficient (Wildman–Crippen LogP) is 2.09. The molecule has 0 aromatic heterocycles. The molecule has 5 heteroatoms. The summed E-state index contributed by atoms with van der Waals surface area (Å²) in [6.45, 7) is 1.90.